The average molecular weight is 384 g/mol. The molecule has 1 aromatic heterocycles. The van der Waals surface area contributed by atoms with Gasteiger partial charge < -0.3 is 24.7 Å². The number of carbonyl (C=O) groups is 1. The highest BCUT2D eigenvalue weighted by Crippen LogP contribution is 2.17. The minimum Gasteiger partial charge on any atom is -0.467 e. The molecule has 1 aromatic carbocycles. The quantitative estimate of drug-likeness (QED) is 0.538. The second kappa shape index (κ2) is 10.5. The Morgan fingerprint density at radius 1 is 1.25 bits per heavy atom. The fraction of sp³-hybridized carbons (Fsp3) is 0.429. The SMILES string of the molecule is CN=C(NCC(=O)NCc1ccco1)N1CCC(COCc2ccccc2)C1. The van der Waals surface area contributed by atoms with E-state index >= 15 is 0 Å². The number of nitrogens with one attached hydrogen (secondary N) is 2. The average Bonchev–Trinajstić information content (AvgIpc) is 3.40. The number of furan rings is 1. The number of rotatable bonds is 8. The van der Waals surface area contributed by atoms with Crippen molar-refractivity contribution in [3.05, 3.63) is 60.1 Å². The number of benzene rings is 1. The second-order valence-electron chi connectivity index (χ2n) is 6.86. The lowest BCUT2D eigenvalue weighted by Crippen LogP contribution is -2.44. The number of nitrogens with zero attached hydrogens (tertiary/aromatic N) is 2. The Balaban J connectivity index is 1.34. The highest BCUT2D eigenvalue weighted by atomic mass is 16.5. The molecule has 1 aliphatic heterocycles. The standard InChI is InChI=1S/C21H28N4O3/c1-22-21(24-13-20(26)23-12-19-8-5-11-28-19)25-10-9-18(14-25)16-27-15-17-6-3-2-4-7-17/h2-8,11,18H,9-10,12-16H2,1H3,(H,22,24)(H,23,26). The number of aliphatic imine (C=N–C) groups is 1. The Bertz CT molecular complexity index is 746. The summed E-state index contributed by atoms with van der Waals surface area (Å²) in [6.07, 6.45) is 2.65. The van der Waals surface area contributed by atoms with Gasteiger partial charge in [-0.1, -0.05) is 30.3 Å². The van der Waals surface area contributed by atoms with Gasteiger partial charge in [0.25, 0.3) is 0 Å². The molecule has 2 N–H and O–H groups in total. The van der Waals surface area contributed by atoms with Crippen molar-refractivity contribution < 1.29 is 13.9 Å². The van der Waals surface area contributed by atoms with Crippen LogP contribution in [0.3, 0.4) is 0 Å². The molecule has 0 saturated carbocycles. The Morgan fingerprint density at radius 3 is 2.86 bits per heavy atom. The minimum absolute atomic E-state index is 0.0977. The molecule has 0 aliphatic carbocycles. The number of amides is 1. The summed E-state index contributed by atoms with van der Waals surface area (Å²) in [6.45, 7) is 3.72. The van der Waals surface area contributed by atoms with E-state index in [9.17, 15) is 4.79 Å². The van der Waals surface area contributed by atoms with Crippen LogP contribution >= 0.6 is 0 Å². The molecule has 28 heavy (non-hydrogen) atoms. The van der Waals surface area contributed by atoms with Gasteiger partial charge in [0, 0.05) is 26.1 Å². The first-order valence-electron chi connectivity index (χ1n) is 9.61. The molecule has 1 saturated heterocycles. The number of carbonyl (C=O) groups excluding carboxylic acids is 1. The molecule has 1 unspecified atom stereocenters. The van der Waals surface area contributed by atoms with E-state index < -0.39 is 0 Å². The molecule has 1 amide bonds. The van der Waals surface area contributed by atoms with Crippen molar-refractivity contribution in [2.24, 2.45) is 10.9 Å². The van der Waals surface area contributed by atoms with Crippen molar-refractivity contribution in [2.75, 3.05) is 33.3 Å². The normalized spacial score (nSPS) is 17.0. The largest absolute Gasteiger partial charge is 0.467 e. The van der Waals surface area contributed by atoms with Crippen LogP contribution in [0.5, 0.6) is 0 Å². The zero-order valence-corrected chi connectivity index (χ0v) is 16.3. The van der Waals surface area contributed by atoms with E-state index in [0.717, 1.165) is 37.8 Å². The van der Waals surface area contributed by atoms with Crippen LogP contribution in [0.15, 0.2) is 58.1 Å². The van der Waals surface area contributed by atoms with E-state index in [1.807, 2.05) is 24.3 Å². The number of hydrogen-bond acceptors (Lipinski definition) is 4. The summed E-state index contributed by atoms with van der Waals surface area (Å²) in [7, 11) is 1.74. The maximum absolute atomic E-state index is 12.0. The van der Waals surface area contributed by atoms with Gasteiger partial charge in [-0.05, 0) is 24.1 Å². The van der Waals surface area contributed by atoms with E-state index in [2.05, 4.69) is 32.7 Å². The summed E-state index contributed by atoms with van der Waals surface area (Å²) in [5.74, 6) is 1.85. The van der Waals surface area contributed by atoms with Crippen molar-refractivity contribution in [1.29, 1.82) is 0 Å². The zero-order chi connectivity index (χ0) is 19.6. The number of hydrogen-bond donors (Lipinski definition) is 2. The molecule has 1 aliphatic rings. The maximum atomic E-state index is 12.0. The summed E-state index contributed by atoms with van der Waals surface area (Å²) in [5.41, 5.74) is 1.19. The fourth-order valence-electron chi connectivity index (χ4n) is 3.23. The fourth-order valence-corrected chi connectivity index (χ4v) is 3.23. The Hall–Kier alpha value is -2.80. The van der Waals surface area contributed by atoms with Crippen molar-refractivity contribution in [2.45, 2.75) is 19.6 Å². The predicted octanol–water partition coefficient (Wildman–Crippen LogP) is 2.01. The molecule has 150 valence electrons. The van der Waals surface area contributed by atoms with Gasteiger partial charge in [-0.2, -0.15) is 0 Å². The van der Waals surface area contributed by atoms with Gasteiger partial charge in [0.05, 0.1) is 32.6 Å². The summed E-state index contributed by atoms with van der Waals surface area (Å²) >= 11 is 0. The van der Waals surface area contributed by atoms with E-state index in [0.29, 0.717) is 19.1 Å². The third kappa shape index (κ3) is 6.13. The summed E-state index contributed by atoms with van der Waals surface area (Å²) in [6, 6.07) is 13.8. The van der Waals surface area contributed by atoms with Gasteiger partial charge in [-0.15, -0.1) is 0 Å². The topological polar surface area (TPSA) is 79.1 Å². The smallest absolute Gasteiger partial charge is 0.239 e. The van der Waals surface area contributed by atoms with Crippen LogP contribution in [-0.4, -0.2) is 50.1 Å². The van der Waals surface area contributed by atoms with Crippen molar-refractivity contribution in [1.82, 2.24) is 15.5 Å². The highest BCUT2D eigenvalue weighted by molar-refractivity contribution is 5.86. The minimum atomic E-state index is -0.0977. The molecule has 2 aromatic rings. The van der Waals surface area contributed by atoms with E-state index in [-0.39, 0.29) is 12.5 Å². The summed E-state index contributed by atoms with van der Waals surface area (Å²) < 4.78 is 11.1. The maximum Gasteiger partial charge on any atom is 0.239 e. The van der Waals surface area contributed by atoms with Crippen LogP contribution in [0.2, 0.25) is 0 Å². The van der Waals surface area contributed by atoms with Gasteiger partial charge in [0.1, 0.15) is 5.76 Å². The van der Waals surface area contributed by atoms with Crippen LogP contribution in [0.25, 0.3) is 0 Å². The van der Waals surface area contributed by atoms with Crippen molar-refractivity contribution >= 4 is 11.9 Å². The van der Waals surface area contributed by atoms with Gasteiger partial charge in [0.2, 0.25) is 5.91 Å². The van der Waals surface area contributed by atoms with Gasteiger partial charge in [-0.25, -0.2) is 0 Å². The third-order valence-electron chi connectivity index (χ3n) is 4.71. The van der Waals surface area contributed by atoms with Gasteiger partial charge >= 0.3 is 0 Å². The molecule has 3 rings (SSSR count). The number of ether oxygens (including phenoxy) is 1. The molecular weight excluding hydrogens is 356 g/mol. The monoisotopic (exact) mass is 384 g/mol. The summed E-state index contributed by atoms with van der Waals surface area (Å²) in [5, 5.41) is 5.95. The first kappa shape index (κ1) is 19.9. The summed E-state index contributed by atoms with van der Waals surface area (Å²) in [4.78, 5) is 18.5. The molecule has 7 heteroatoms. The Labute approximate surface area is 165 Å². The number of guanidine groups is 1. The zero-order valence-electron chi connectivity index (χ0n) is 16.3. The van der Waals surface area contributed by atoms with E-state index in [1.54, 1.807) is 19.4 Å². The predicted molar refractivity (Wildman–Crippen MR) is 108 cm³/mol. The van der Waals surface area contributed by atoms with Crippen LogP contribution < -0.4 is 10.6 Å². The molecule has 0 spiro atoms. The first-order valence-corrected chi connectivity index (χ1v) is 9.61. The van der Waals surface area contributed by atoms with Crippen molar-refractivity contribution in [3.63, 3.8) is 0 Å². The Morgan fingerprint density at radius 2 is 2.11 bits per heavy atom. The lowest BCUT2D eigenvalue weighted by Gasteiger charge is -2.21. The Kier molecular flexibility index (Phi) is 7.49. The lowest BCUT2D eigenvalue weighted by atomic mass is 10.1. The molecular formula is C21H28N4O3. The van der Waals surface area contributed by atoms with Gasteiger partial charge in [0.15, 0.2) is 5.96 Å². The van der Waals surface area contributed by atoms with Crippen LogP contribution in [0.1, 0.15) is 17.7 Å². The first-order chi connectivity index (χ1) is 13.7. The van der Waals surface area contributed by atoms with Gasteiger partial charge in [-0.3, -0.25) is 9.79 Å². The molecule has 1 atom stereocenters. The highest BCUT2D eigenvalue weighted by Gasteiger charge is 2.25. The molecule has 2 heterocycles. The third-order valence-corrected chi connectivity index (χ3v) is 4.71. The van der Waals surface area contributed by atoms with Crippen LogP contribution in [-0.2, 0) is 22.7 Å². The van der Waals surface area contributed by atoms with E-state index in [1.165, 1.54) is 5.56 Å². The molecule has 1 fully saturated rings. The van der Waals surface area contributed by atoms with Crippen molar-refractivity contribution in [3.8, 4) is 0 Å². The van der Waals surface area contributed by atoms with Crippen LogP contribution in [0.4, 0.5) is 0 Å². The molecule has 7 nitrogen and oxygen atoms in total. The second-order valence-corrected chi connectivity index (χ2v) is 6.86. The van der Waals surface area contributed by atoms with Crippen LogP contribution in [0, 0.1) is 5.92 Å². The number of likely N-dealkylation sites (tertiary alicyclic amines) is 1. The molecule has 0 bridgehead atoms. The lowest BCUT2D eigenvalue weighted by molar-refractivity contribution is -0.120. The van der Waals surface area contributed by atoms with E-state index in [4.69, 9.17) is 9.15 Å². The molecule has 0 radical (unpaired) electrons.